The molecule has 4 nitrogen and oxygen atoms in total. The first-order chi connectivity index (χ1) is 8.21. The van der Waals surface area contributed by atoms with Crippen LogP contribution in [0.15, 0.2) is 12.4 Å². The highest BCUT2D eigenvalue weighted by atomic mass is 16.5. The Kier molecular flexibility index (Phi) is 5.91. The molecule has 0 bridgehead atoms. The highest BCUT2D eigenvalue weighted by Gasteiger charge is 2.16. The summed E-state index contributed by atoms with van der Waals surface area (Å²) in [6.45, 7) is 7.61. The molecular weight excluding hydrogens is 214 g/mol. The predicted molar refractivity (Wildman–Crippen MR) is 69.2 cm³/mol. The van der Waals surface area contributed by atoms with Crippen LogP contribution in [0.5, 0.6) is 5.88 Å². The van der Waals surface area contributed by atoms with Crippen molar-refractivity contribution in [2.45, 2.75) is 39.7 Å². The summed E-state index contributed by atoms with van der Waals surface area (Å²) in [5.74, 6) is 1.27. The van der Waals surface area contributed by atoms with Crippen molar-refractivity contribution in [2.24, 2.45) is 5.92 Å². The number of ether oxygens (including phenoxy) is 1. The van der Waals surface area contributed by atoms with Crippen molar-refractivity contribution >= 4 is 0 Å². The van der Waals surface area contributed by atoms with Crippen molar-refractivity contribution in [1.29, 1.82) is 0 Å². The quantitative estimate of drug-likeness (QED) is 0.788. The number of hydrogen-bond acceptors (Lipinski definition) is 4. The van der Waals surface area contributed by atoms with Gasteiger partial charge in [-0.3, -0.25) is 0 Å². The Labute approximate surface area is 104 Å². The van der Waals surface area contributed by atoms with Crippen LogP contribution >= 0.6 is 0 Å². The van der Waals surface area contributed by atoms with E-state index in [4.69, 9.17) is 4.74 Å². The van der Waals surface area contributed by atoms with Crippen LogP contribution < -0.4 is 10.1 Å². The molecule has 4 heteroatoms. The minimum atomic E-state index is 0.463. The maximum atomic E-state index is 5.11. The molecule has 0 aliphatic heterocycles. The summed E-state index contributed by atoms with van der Waals surface area (Å²) >= 11 is 0. The minimum absolute atomic E-state index is 0.463. The van der Waals surface area contributed by atoms with Crippen LogP contribution in [0, 0.1) is 5.92 Å². The fraction of sp³-hybridized carbons (Fsp3) is 0.692. The zero-order valence-corrected chi connectivity index (χ0v) is 11.2. The molecule has 0 saturated heterocycles. The molecule has 2 unspecified atom stereocenters. The third kappa shape index (κ3) is 4.30. The van der Waals surface area contributed by atoms with Crippen molar-refractivity contribution in [3.05, 3.63) is 18.1 Å². The molecule has 0 amide bonds. The van der Waals surface area contributed by atoms with Crippen LogP contribution in [-0.4, -0.2) is 29.7 Å². The van der Waals surface area contributed by atoms with E-state index in [0.717, 1.165) is 18.7 Å². The van der Waals surface area contributed by atoms with E-state index < -0.39 is 0 Å². The molecule has 96 valence electrons. The number of nitrogens with one attached hydrogen (secondary N) is 1. The molecule has 1 aromatic heterocycles. The van der Waals surface area contributed by atoms with Gasteiger partial charge in [0, 0.05) is 24.2 Å². The topological polar surface area (TPSA) is 47.0 Å². The first-order valence-electron chi connectivity index (χ1n) is 6.29. The molecule has 1 aromatic rings. The molecular formula is C13H23N3O. The number of methoxy groups -OCH3 is 1. The lowest BCUT2D eigenvalue weighted by molar-refractivity contribution is 0.365. The Morgan fingerprint density at radius 2 is 2.12 bits per heavy atom. The van der Waals surface area contributed by atoms with Gasteiger partial charge in [-0.2, -0.15) is 0 Å². The van der Waals surface area contributed by atoms with Crippen LogP contribution in [0.2, 0.25) is 0 Å². The van der Waals surface area contributed by atoms with E-state index in [1.165, 1.54) is 6.42 Å². The Morgan fingerprint density at radius 1 is 1.35 bits per heavy atom. The highest BCUT2D eigenvalue weighted by Crippen LogP contribution is 2.14. The van der Waals surface area contributed by atoms with Crippen molar-refractivity contribution in [1.82, 2.24) is 15.3 Å². The van der Waals surface area contributed by atoms with Gasteiger partial charge in [0.1, 0.15) is 6.33 Å². The van der Waals surface area contributed by atoms with E-state index >= 15 is 0 Å². The van der Waals surface area contributed by atoms with Crippen molar-refractivity contribution in [3.8, 4) is 5.88 Å². The van der Waals surface area contributed by atoms with Crippen LogP contribution in [0.4, 0.5) is 0 Å². The number of likely N-dealkylation sites (N-methyl/N-ethyl adjacent to an activating group) is 1. The molecule has 17 heavy (non-hydrogen) atoms. The Morgan fingerprint density at radius 3 is 2.71 bits per heavy atom. The summed E-state index contributed by atoms with van der Waals surface area (Å²) in [7, 11) is 1.63. The van der Waals surface area contributed by atoms with Gasteiger partial charge in [-0.05, 0) is 12.5 Å². The van der Waals surface area contributed by atoms with Crippen LogP contribution in [0.25, 0.3) is 0 Å². The SMILES string of the molecule is CCNC(Cc1cc(OC)ncn1)C(C)CC. The minimum Gasteiger partial charge on any atom is -0.481 e. The van der Waals surface area contributed by atoms with Gasteiger partial charge in [-0.1, -0.05) is 27.2 Å². The molecule has 0 aliphatic rings. The number of rotatable bonds is 7. The summed E-state index contributed by atoms with van der Waals surface area (Å²) in [4.78, 5) is 8.32. The lowest BCUT2D eigenvalue weighted by Crippen LogP contribution is -2.36. The molecule has 0 radical (unpaired) electrons. The van der Waals surface area contributed by atoms with E-state index in [9.17, 15) is 0 Å². The van der Waals surface area contributed by atoms with E-state index in [0.29, 0.717) is 17.8 Å². The van der Waals surface area contributed by atoms with E-state index in [1.54, 1.807) is 13.4 Å². The summed E-state index contributed by atoms with van der Waals surface area (Å²) in [6.07, 6.45) is 3.65. The number of aromatic nitrogens is 2. The van der Waals surface area contributed by atoms with Gasteiger partial charge in [0.05, 0.1) is 7.11 Å². The molecule has 0 saturated carbocycles. The van der Waals surface area contributed by atoms with Crippen molar-refractivity contribution < 1.29 is 4.74 Å². The van der Waals surface area contributed by atoms with Crippen molar-refractivity contribution in [3.63, 3.8) is 0 Å². The lowest BCUT2D eigenvalue weighted by Gasteiger charge is -2.23. The molecule has 1 N–H and O–H groups in total. The molecule has 0 spiro atoms. The Balaban J connectivity index is 2.70. The monoisotopic (exact) mass is 237 g/mol. The highest BCUT2D eigenvalue weighted by molar-refractivity contribution is 5.14. The van der Waals surface area contributed by atoms with Crippen LogP contribution in [0.1, 0.15) is 32.9 Å². The summed E-state index contributed by atoms with van der Waals surface area (Å²) in [5, 5.41) is 3.52. The van der Waals surface area contributed by atoms with E-state index in [1.807, 2.05) is 6.07 Å². The second kappa shape index (κ2) is 7.22. The maximum Gasteiger partial charge on any atom is 0.216 e. The Bertz CT molecular complexity index is 330. The second-order valence-corrected chi connectivity index (χ2v) is 4.31. The molecule has 2 atom stereocenters. The van der Waals surface area contributed by atoms with Crippen LogP contribution in [0.3, 0.4) is 0 Å². The Hall–Kier alpha value is -1.16. The molecule has 1 rings (SSSR count). The maximum absolute atomic E-state index is 5.11. The fourth-order valence-corrected chi connectivity index (χ4v) is 1.85. The third-order valence-corrected chi connectivity index (χ3v) is 3.13. The number of nitrogens with zero attached hydrogens (tertiary/aromatic N) is 2. The smallest absolute Gasteiger partial charge is 0.216 e. The average Bonchev–Trinajstić information content (AvgIpc) is 2.37. The zero-order chi connectivity index (χ0) is 12.7. The predicted octanol–water partition coefficient (Wildman–Crippen LogP) is 2.05. The lowest BCUT2D eigenvalue weighted by atomic mass is 9.95. The first kappa shape index (κ1) is 13.9. The second-order valence-electron chi connectivity index (χ2n) is 4.31. The summed E-state index contributed by atoms with van der Waals surface area (Å²) in [6, 6.07) is 2.37. The van der Waals surface area contributed by atoms with Gasteiger partial charge in [-0.15, -0.1) is 0 Å². The van der Waals surface area contributed by atoms with Gasteiger partial charge in [-0.25, -0.2) is 9.97 Å². The van der Waals surface area contributed by atoms with Gasteiger partial charge in [0.15, 0.2) is 0 Å². The molecule has 1 heterocycles. The number of hydrogen-bond donors (Lipinski definition) is 1. The summed E-state index contributed by atoms with van der Waals surface area (Å²) < 4.78 is 5.11. The van der Waals surface area contributed by atoms with Gasteiger partial charge < -0.3 is 10.1 Å². The van der Waals surface area contributed by atoms with E-state index in [-0.39, 0.29) is 0 Å². The molecule has 0 aliphatic carbocycles. The normalized spacial score (nSPS) is 14.4. The molecule has 0 fully saturated rings. The first-order valence-corrected chi connectivity index (χ1v) is 6.29. The standard InChI is InChI=1S/C13H23N3O/c1-5-10(3)12(14-6-2)7-11-8-13(17-4)16-9-15-11/h8-10,12,14H,5-7H2,1-4H3. The summed E-state index contributed by atoms with van der Waals surface area (Å²) in [5.41, 5.74) is 1.03. The largest absolute Gasteiger partial charge is 0.481 e. The van der Waals surface area contributed by atoms with Crippen LogP contribution in [-0.2, 0) is 6.42 Å². The molecule has 0 aromatic carbocycles. The van der Waals surface area contributed by atoms with Gasteiger partial charge in [0.25, 0.3) is 0 Å². The van der Waals surface area contributed by atoms with Gasteiger partial charge >= 0.3 is 0 Å². The third-order valence-electron chi connectivity index (χ3n) is 3.13. The zero-order valence-electron chi connectivity index (χ0n) is 11.2. The van der Waals surface area contributed by atoms with Gasteiger partial charge in [0.2, 0.25) is 5.88 Å². The van der Waals surface area contributed by atoms with Crippen molar-refractivity contribution in [2.75, 3.05) is 13.7 Å². The van der Waals surface area contributed by atoms with E-state index in [2.05, 4.69) is 36.1 Å². The average molecular weight is 237 g/mol. The fourth-order valence-electron chi connectivity index (χ4n) is 1.85.